The molecular weight excluding hydrogens is 178 g/mol. The van der Waals surface area contributed by atoms with Gasteiger partial charge in [-0.05, 0) is 30.6 Å². The van der Waals surface area contributed by atoms with Crippen LogP contribution in [0.3, 0.4) is 0 Å². The molecule has 14 heavy (non-hydrogen) atoms. The van der Waals surface area contributed by atoms with Gasteiger partial charge in [0, 0.05) is 5.71 Å². The molecule has 0 radical (unpaired) electrons. The summed E-state index contributed by atoms with van der Waals surface area (Å²) in [6, 6.07) is -0.589. The Morgan fingerprint density at radius 1 is 1.64 bits per heavy atom. The van der Waals surface area contributed by atoms with Crippen molar-refractivity contribution in [1.29, 1.82) is 0 Å². The first kappa shape index (κ1) is 11.0. The summed E-state index contributed by atoms with van der Waals surface area (Å²) in [7, 11) is 0. The number of hydrogen-bond donors (Lipinski definition) is 2. The van der Waals surface area contributed by atoms with Crippen LogP contribution in [-0.4, -0.2) is 11.7 Å². The number of nitrogens with one attached hydrogen (secondary N) is 1. The topological polar surface area (TPSA) is 67.5 Å². The highest BCUT2D eigenvalue weighted by Gasteiger charge is 2.29. The zero-order chi connectivity index (χ0) is 10.8. The standard InChI is InChI=1S/C10H19N3O/c1-7-4-8(12-13-9(11)14)6-10(2,3)5-7/h7H,4-6H2,1-3H3,(H3,11,13,14)/b12-8-/t7-/m1/s1. The summed E-state index contributed by atoms with van der Waals surface area (Å²) in [5.41, 5.74) is 8.59. The van der Waals surface area contributed by atoms with Gasteiger partial charge in [-0.1, -0.05) is 20.8 Å². The molecule has 0 spiro atoms. The molecule has 4 nitrogen and oxygen atoms in total. The van der Waals surface area contributed by atoms with Crippen LogP contribution in [0.1, 0.15) is 40.0 Å². The van der Waals surface area contributed by atoms with Crippen molar-refractivity contribution in [2.45, 2.75) is 40.0 Å². The Morgan fingerprint density at radius 2 is 2.29 bits per heavy atom. The molecule has 4 heteroatoms. The van der Waals surface area contributed by atoms with Crippen LogP contribution >= 0.6 is 0 Å². The minimum Gasteiger partial charge on any atom is -0.350 e. The molecule has 0 aromatic carbocycles. The monoisotopic (exact) mass is 197 g/mol. The van der Waals surface area contributed by atoms with Crippen LogP contribution in [0.25, 0.3) is 0 Å². The predicted octanol–water partition coefficient (Wildman–Crippen LogP) is 1.86. The van der Waals surface area contributed by atoms with Crippen LogP contribution < -0.4 is 11.2 Å². The van der Waals surface area contributed by atoms with E-state index in [9.17, 15) is 4.79 Å². The Kier molecular flexibility index (Phi) is 3.13. The highest BCUT2D eigenvalue weighted by molar-refractivity contribution is 5.87. The number of carbonyl (C=O) groups is 1. The van der Waals surface area contributed by atoms with Crippen molar-refractivity contribution in [3.8, 4) is 0 Å². The largest absolute Gasteiger partial charge is 0.350 e. The average molecular weight is 197 g/mol. The third kappa shape index (κ3) is 3.36. The van der Waals surface area contributed by atoms with Gasteiger partial charge in [0.15, 0.2) is 0 Å². The maximum atomic E-state index is 10.5. The SMILES string of the molecule is C[C@@H]1C/C(=N/NC(N)=O)CC(C)(C)C1. The smallest absolute Gasteiger partial charge is 0.332 e. The minimum atomic E-state index is -0.589. The summed E-state index contributed by atoms with van der Waals surface area (Å²) < 4.78 is 0. The van der Waals surface area contributed by atoms with Crippen molar-refractivity contribution in [3.05, 3.63) is 0 Å². The Bertz CT molecular complexity index is 258. The lowest BCUT2D eigenvalue weighted by atomic mass is 9.72. The molecule has 0 saturated heterocycles. The van der Waals surface area contributed by atoms with Crippen LogP contribution in [0.2, 0.25) is 0 Å². The van der Waals surface area contributed by atoms with Gasteiger partial charge in [-0.25, -0.2) is 10.2 Å². The van der Waals surface area contributed by atoms with E-state index in [2.05, 4.69) is 31.3 Å². The van der Waals surface area contributed by atoms with Crippen molar-refractivity contribution in [2.24, 2.45) is 22.2 Å². The van der Waals surface area contributed by atoms with Crippen LogP contribution in [0, 0.1) is 11.3 Å². The number of nitrogens with two attached hydrogens (primary N) is 1. The molecule has 3 N–H and O–H groups in total. The number of rotatable bonds is 1. The van der Waals surface area contributed by atoms with Crippen molar-refractivity contribution < 1.29 is 4.79 Å². The van der Waals surface area contributed by atoms with Crippen LogP contribution in [0.5, 0.6) is 0 Å². The lowest BCUT2D eigenvalue weighted by Crippen LogP contribution is -2.31. The Morgan fingerprint density at radius 3 is 2.79 bits per heavy atom. The maximum Gasteiger partial charge on any atom is 0.332 e. The second-order valence-electron chi connectivity index (χ2n) is 5.01. The number of primary amides is 1. The molecule has 1 rings (SSSR count). The van der Waals surface area contributed by atoms with E-state index < -0.39 is 6.03 Å². The molecule has 0 bridgehead atoms. The lowest BCUT2D eigenvalue weighted by Gasteiger charge is -2.34. The first-order valence-corrected chi connectivity index (χ1v) is 5.00. The summed E-state index contributed by atoms with van der Waals surface area (Å²) >= 11 is 0. The maximum absolute atomic E-state index is 10.5. The third-order valence-corrected chi connectivity index (χ3v) is 2.49. The van der Waals surface area contributed by atoms with E-state index in [1.807, 2.05) is 0 Å². The van der Waals surface area contributed by atoms with Gasteiger partial charge in [0.25, 0.3) is 0 Å². The number of amides is 2. The molecule has 2 amide bonds. The first-order chi connectivity index (χ1) is 6.39. The van der Waals surface area contributed by atoms with E-state index in [0.717, 1.165) is 18.6 Å². The first-order valence-electron chi connectivity index (χ1n) is 5.00. The van der Waals surface area contributed by atoms with Crippen LogP contribution in [0.15, 0.2) is 5.10 Å². The lowest BCUT2D eigenvalue weighted by molar-refractivity contribution is 0.247. The van der Waals surface area contributed by atoms with Crippen LogP contribution in [0.4, 0.5) is 4.79 Å². The van der Waals surface area contributed by atoms with Crippen molar-refractivity contribution in [3.63, 3.8) is 0 Å². The highest BCUT2D eigenvalue weighted by Crippen LogP contribution is 2.36. The Balaban J connectivity index is 2.62. The van der Waals surface area contributed by atoms with Gasteiger partial charge in [0.05, 0.1) is 0 Å². The zero-order valence-corrected chi connectivity index (χ0v) is 9.13. The highest BCUT2D eigenvalue weighted by atomic mass is 16.2. The van der Waals surface area contributed by atoms with Crippen LogP contribution in [-0.2, 0) is 0 Å². The van der Waals surface area contributed by atoms with Gasteiger partial charge in [-0.3, -0.25) is 0 Å². The van der Waals surface area contributed by atoms with Gasteiger partial charge in [-0.2, -0.15) is 5.10 Å². The van der Waals surface area contributed by atoms with Crippen molar-refractivity contribution in [1.82, 2.24) is 5.43 Å². The van der Waals surface area contributed by atoms with E-state index in [0.29, 0.717) is 5.92 Å². The normalized spacial score (nSPS) is 28.8. The molecule has 1 saturated carbocycles. The molecule has 1 atom stereocenters. The van der Waals surface area contributed by atoms with Gasteiger partial charge in [0.2, 0.25) is 0 Å². The molecule has 0 aromatic heterocycles. The molecule has 0 aliphatic heterocycles. The summed E-state index contributed by atoms with van der Waals surface area (Å²) in [6.07, 6.45) is 3.12. The summed E-state index contributed by atoms with van der Waals surface area (Å²) in [4.78, 5) is 10.5. The van der Waals surface area contributed by atoms with Gasteiger partial charge < -0.3 is 5.73 Å². The zero-order valence-electron chi connectivity index (χ0n) is 9.13. The fourth-order valence-electron chi connectivity index (χ4n) is 2.33. The fraction of sp³-hybridized carbons (Fsp3) is 0.800. The fourth-order valence-corrected chi connectivity index (χ4v) is 2.33. The summed E-state index contributed by atoms with van der Waals surface area (Å²) in [5, 5.41) is 4.02. The van der Waals surface area contributed by atoms with Crippen molar-refractivity contribution in [2.75, 3.05) is 0 Å². The van der Waals surface area contributed by atoms with Gasteiger partial charge in [0.1, 0.15) is 0 Å². The summed E-state index contributed by atoms with van der Waals surface area (Å²) in [5.74, 6) is 0.632. The van der Waals surface area contributed by atoms with E-state index in [4.69, 9.17) is 5.73 Å². The van der Waals surface area contributed by atoms with E-state index in [1.54, 1.807) is 0 Å². The second kappa shape index (κ2) is 3.98. The van der Waals surface area contributed by atoms with E-state index in [-0.39, 0.29) is 5.41 Å². The number of hydrogen-bond acceptors (Lipinski definition) is 2. The second-order valence-corrected chi connectivity index (χ2v) is 5.01. The molecule has 1 fully saturated rings. The Labute approximate surface area is 84.9 Å². The van der Waals surface area contributed by atoms with E-state index >= 15 is 0 Å². The molecule has 0 heterocycles. The molecule has 1 aliphatic rings. The number of hydrazone groups is 1. The molecule has 0 aromatic rings. The molecule has 1 aliphatic carbocycles. The van der Waals surface area contributed by atoms with Gasteiger partial charge in [-0.15, -0.1) is 0 Å². The van der Waals surface area contributed by atoms with E-state index in [1.165, 1.54) is 6.42 Å². The summed E-state index contributed by atoms with van der Waals surface area (Å²) in [6.45, 7) is 6.66. The number of nitrogens with zero attached hydrogens (tertiary/aromatic N) is 1. The predicted molar refractivity (Wildman–Crippen MR) is 57.0 cm³/mol. The quantitative estimate of drug-likeness (QED) is 0.619. The number of carbonyl (C=O) groups excluding carboxylic acids is 1. The molecule has 80 valence electrons. The molecule has 0 unspecified atom stereocenters. The molecular formula is C10H19N3O. The minimum absolute atomic E-state index is 0.288. The van der Waals surface area contributed by atoms with Gasteiger partial charge >= 0.3 is 6.03 Å². The Hall–Kier alpha value is -1.06. The average Bonchev–Trinajstić information content (AvgIpc) is 1.96. The third-order valence-electron chi connectivity index (χ3n) is 2.49. The number of urea groups is 1. The van der Waals surface area contributed by atoms with Crippen molar-refractivity contribution >= 4 is 11.7 Å².